The number of benzene rings is 1. The average molecular weight is 204 g/mol. The monoisotopic (exact) mass is 204 g/mol. The molecular formula is C11H12N2O2. The highest BCUT2D eigenvalue weighted by molar-refractivity contribution is 5.77. The first-order valence-electron chi connectivity index (χ1n) is 4.63. The fourth-order valence-electron chi connectivity index (χ4n) is 1.57. The maximum Gasteiger partial charge on any atom is 0.326 e. The summed E-state index contributed by atoms with van der Waals surface area (Å²) in [6, 6.07) is 5.47. The fourth-order valence-corrected chi connectivity index (χ4v) is 1.57. The maximum atomic E-state index is 11.5. The van der Waals surface area contributed by atoms with E-state index in [4.69, 9.17) is 4.74 Å². The van der Waals surface area contributed by atoms with Gasteiger partial charge in [0.25, 0.3) is 0 Å². The van der Waals surface area contributed by atoms with E-state index in [1.54, 1.807) is 17.8 Å². The van der Waals surface area contributed by atoms with Gasteiger partial charge in [-0.3, -0.25) is 4.57 Å². The summed E-state index contributed by atoms with van der Waals surface area (Å²) in [4.78, 5) is 14.3. The zero-order chi connectivity index (χ0) is 10.8. The first kappa shape index (κ1) is 9.58. The Hall–Kier alpha value is -1.97. The molecule has 4 nitrogen and oxygen atoms in total. The normalized spacial score (nSPS) is 10.5. The van der Waals surface area contributed by atoms with E-state index in [9.17, 15) is 4.79 Å². The largest absolute Gasteiger partial charge is 0.497 e. The predicted octanol–water partition coefficient (Wildman–Crippen LogP) is 1.52. The molecule has 0 aliphatic carbocycles. The molecule has 78 valence electrons. The van der Waals surface area contributed by atoms with Gasteiger partial charge in [0.15, 0.2) is 0 Å². The van der Waals surface area contributed by atoms with Crippen molar-refractivity contribution in [3.05, 3.63) is 41.3 Å². The van der Waals surface area contributed by atoms with E-state index in [0.717, 1.165) is 16.8 Å². The van der Waals surface area contributed by atoms with Gasteiger partial charge in [-0.25, -0.2) is 4.79 Å². The highest BCUT2D eigenvalue weighted by Gasteiger charge is 2.05. The molecule has 1 N–H and O–H groups in total. The van der Waals surface area contributed by atoms with Gasteiger partial charge in [0.2, 0.25) is 0 Å². The van der Waals surface area contributed by atoms with E-state index in [2.05, 4.69) is 11.6 Å². The first-order valence-corrected chi connectivity index (χ1v) is 4.63. The number of imidazole rings is 1. The van der Waals surface area contributed by atoms with Crippen LogP contribution in [0.2, 0.25) is 0 Å². The number of hydrogen-bond donors (Lipinski definition) is 1. The van der Waals surface area contributed by atoms with Crippen LogP contribution in [-0.2, 0) is 6.54 Å². The van der Waals surface area contributed by atoms with Gasteiger partial charge in [-0.1, -0.05) is 6.08 Å². The van der Waals surface area contributed by atoms with E-state index < -0.39 is 0 Å². The van der Waals surface area contributed by atoms with Gasteiger partial charge in [0, 0.05) is 12.6 Å². The lowest BCUT2D eigenvalue weighted by atomic mass is 10.3. The Balaban J connectivity index is 2.71. The van der Waals surface area contributed by atoms with E-state index in [-0.39, 0.29) is 5.69 Å². The molecule has 0 aliphatic rings. The first-order chi connectivity index (χ1) is 7.26. The number of nitrogens with zero attached hydrogens (tertiary/aromatic N) is 1. The van der Waals surface area contributed by atoms with Crippen molar-refractivity contribution in [1.82, 2.24) is 9.55 Å². The predicted molar refractivity (Wildman–Crippen MR) is 59.3 cm³/mol. The van der Waals surface area contributed by atoms with Crippen LogP contribution >= 0.6 is 0 Å². The molecule has 0 bridgehead atoms. The van der Waals surface area contributed by atoms with Crippen LogP contribution in [0.3, 0.4) is 0 Å². The second-order valence-electron chi connectivity index (χ2n) is 3.21. The average Bonchev–Trinajstić information content (AvgIpc) is 2.55. The molecule has 0 fully saturated rings. The summed E-state index contributed by atoms with van der Waals surface area (Å²) in [6.07, 6.45) is 1.69. The molecule has 1 aromatic carbocycles. The number of rotatable bonds is 3. The third-order valence-electron chi connectivity index (χ3n) is 2.29. The third-order valence-corrected chi connectivity index (χ3v) is 2.29. The lowest BCUT2D eigenvalue weighted by Crippen LogP contribution is -2.15. The molecule has 0 spiro atoms. The van der Waals surface area contributed by atoms with Crippen LogP contribution in [0.25, 0.3) is 11.0 Å². The van der Waals surface area contributed by atoms with Crippen molar-refractivity contribution in [1.29, 1.82) is 0 Å². The van der Waals surface area contributed by atoms with Gasteiger partial charge < -0.3 is 9.72 Å². The molecule has 0 unspecified atom stereocenters. The van der Waals surface area contributed by atoms with Crippen LogP contribution in [0, 0.1) is 0 Å². The molecule has 2 aromatic rings. The quantitative estimate of drug-likeness (QED) is 0.770. The molecule has 4 heteroatoms. The lowest BCUT2D eigenvalue weighted by Gasteiger charge is -2.01. The molecule has 0 saturated carbocycles. The minimum atomic E-state index is -0.127. The zero-order valence-electron chi connectivity index (χ0n) is 8.49. The van der Waals surface area contributed by atoms with E-state index >= 15 is 0 Å². The van der Waals surface area contributed by atoms with Crippen molar-refractivity contribution in [2.24, 2.45) is 0 Å². The highest BCUT2D eigenvalue weighted by Crippen LogP contribution is 2.17. The van der Waals surface area contributed by atoms with Gasteiger partial charge in [-0.15, -0.1) is 6.58 Å². The fraction of sp³-hybridized carbons (Fsp3) is 0.182. The van der Waals surface area contributed by atoms with E-state index in [1.807, 2.05) is 18.2 Å². The van der Waals surface area contributed by atoms with Crippen LogP contribution in [0.1, 0.15) is 0 Å². The number of aromatic amines is 1. The van der Waals surface area contributed by atoms with Gasteiger partial charge in [-0.2, -0.15) is 0 Å². The number of ether oxygens (including phenoxy) is 1. The van der Waals surface area contributed by atoms with Gasteiger partial charge in [-0.05, 0) is 12.1 Å². The number of methoxy groups -OCH3 is 1. The SMILES string of the molecule is C=CCn1c(=O)[nH]c2ccc(OC)cc21. The molecule has 0 amide bonds. The summed E-state index contributed by atoms with van der Waals surface area (Å²) in [6.45, 7) is 4.11. The number of allylic oxidation sites excluding steroid dienone is 1. The van der Waals surface area contributed by atoms with Gasteiger partial charge >= 0.3 is 5.69 Å². The smallest absolute Gasteiger partial charge is 0.326 e. The number of aromatic nitrogens is 2. The number of H-pyrrole nitrogens is 1. The molecule has 0 radical (unpaired) electrons. The molecule has 1 heterocycles. The highest BCUT2D eigenvalue weighted by atomic mass is 16.5. The Labute approximate surface area is 86.8 Å². The molecule has 1 aromatic heterocycles. The second kappa shape index (κ2) is 3.65. The van der Waals surface area contributed by atoms with Gasteiger partial charge in [0.05, 0.1) is 18.1 Å². The Morgan fingerprint density at radius 1 is 1.60 bits per heavy atom. The molecule has 0 aliphatic heterocycles. The third kappa shape index (κ3) is 1.54. The van der Waals surface area contributed by atoms with Crippen molar-refractivity contribution < 1.29 is 4.74 Å². The summed E-state index contributed by atoms with van der Waals surface area (Å²) in [5.74, 6) is 0.735. The van der Waals surface area contributed by atoms with Gasteiger partial charge in [0.1, 0.15) is 5.75 Å². The minimum absolute atomic E-state index is 0.127. The molecule has 0 saturated heterocycles. The Bertz CT molecular complexity index is 551. The van der Waals surface area contributed by atoms with Crippen molar-refractivity contribution in [2.75, 3.05) is 7.11 Å². The van der Waals surface area contributed by atoms with E-state index in [1.165, 1.54) is 0 Å². The van der Waals surface area contributed by atoms with Crippen molar-refractivity contribution in [2.45, 2.75) is 6.54 Å². The van der Waals surface area contributed by atoms with Crippen LogP contribution in [0.4, 0.5) is 0 Å². The molecule has 15 heavy (non-hydrogen) atoms. The standard InChI is InChI=1S/C11H12N2O2/c1-3-6-13-10-7-8(15-2)4-5-9(10)12-11(13)14/h3-5,7H,1,6H2,2H3,(H,12,14). The summed E-state index contributed by atoms with van der Waals surface area (Å²) < 4.78 is 6.73. The molecular weight excluding hydrogens is 192 g/mol. The van der Waals surface area contributed by atoms with Crippen LogP contribution < -0.4 is 10.4 Å². The summed E-state index contributed by atoms with van der Waals surface area (Å²) in [5.41, 5.74) is 1.51. The second-order valence-corrected chi connectivity index (χ2v) is 3.21. The van der Waals surface area contributed by atoms with Crippen molar-refractivity contribution in [3.63, 3.8) is 0 Å². The maximum absolute atomic E-state index is 11.5. The summed E-state index contributed by atoms with van der Waals surface area (Å²) in [7, 11) is 1.60. The minimum Gasteiger partial charge on any atom is -0.497 e. The summed E-state index contributed by atoms with van der Waals surface area (Å²) >= 11 is 0. The number of nitrogens with one attached hydrogen (secondary N) is 1. The van der Waals surface area contributed by atoms with Crippen LogP contribution in [-0.4, -0.2) is 16.7 Å². The zero-order valence-corrected chi connectivity index (χ0v) is 8.49. The Kier molecular flexibility index (Phi) is 2.33. The number of fused-ring (bicyclic) bond motifs is 1. The van der Waals surface area contributed by atoms with Crippen LogP contribution in [0.5, 0.6) is 5.75 Å². The van der Waals surface area contributed by atoms with Crippen LogP contribution in [0.15, 0.2) is 35.6 Å². The lowest BCUT2D eigenvalue weighted by molar-refractivity contribution is 0.415. The Morgan fingerprint density at radius 3 is 3.07 bits per heavy atom. The van der Waals surface area contributed by atoms with Crippen molar-refractivity contribution in [3.8, 4) is 5.75 Å². The Morgan fingerprint density at radius 2 is 2.40 bits per heavy atom. The topological polar surface area (TPSA) is 47.0 Å². The summed E-state index contributed by atoms with van der Waals surface area (Å²) in [5, 5.41) is 0. The van der Waals surface area contributed by atoms with E-state index in [0.29, 0.717) is 6.54 Å². The van der Waals surface area contributed by atoms with Crippen molar-refractivity contribution >= 4 is 11.0 Å². The molecule has 0 atom stereocenters. The number of hydrogen-bond acceptors (Lipinski definition) is 2. The molecule has 2 rings (SSSR count).